The van der Waals surface area contributed by atoms with Gasteiger partial charge in [-0.1, -0.05) is 19.1 Å². The second-order valence-corrected chi connectivity index (χ2v) is 4.81. The Balaban J connectivity index is 2.43. The summed E-state index contributed by atoms with van der Waals surface area (Å²) in [4.78, 5) is 22.5. The molecular weight excluding hydrogens is 224 g/mol. The van der Waals surface area contributed by atoms with Gasteiger partial charge in [-0.15, -0.1) is 0 Å². The molecule has 1 saturated carbocycles. The Morgan fingerprint density at radius 3 is 2.88 bits per heavy atom. The second-order valence-electron chi connectivity index (χ2n) is 4.39. The van der Waals surface area contributed by atoms with Crippen LogP contribution in [0, 0.1) is 11.8 Å². The van der Waals surface area contributed by atoms with Crippen LogP contribution in [0.1, 0.15) is 45.4 Å². The average Bonchev–Trinajstić information content (AvgIpc) is 2.55. The van der Waals surface area contributed by atoms with Gasteiger partial charge in [0.25, 0.3) is 0 Å². The zero-order valence-electron chi connectivity index (χ0n) is 9.75. The van der Waals surface area contributed by atoms with E-state index in [-0.39, 0.29) is 17.1 Å². The van der Waals surface area contributed by atoms with Gasteiger partial charge in [-0.05, 0) is 43.2 Å². The molecule has 1 rings (SSSR count). The van der Waals surface area contributed by atoms with Crippen LogP contribution >= 0.6 is 11.6 Å². The highest BCUT2D eigenvalue weighted by molar-refractivity contribution is 6.63. The van der Waals surface area contributed by atoms with Gasteiger partial charge in [0.05, 0.1) is 0 Å². The predicted octanol–water partition coefficient (Wildman–Crippen LogP) is 3.48. The highest BCUT2D eigenvalue weighted by Gasteiger charge is 2.34. The molecule has 0 spiro atoms. The lowest BCUT2D eigenvalue weighted by atomic mass is 9.89. The summed E-state index contributed by atoms with van der Waals surface area (Å²) in [6.07, 6.45) is 8.86. The fraction of sp³-hybridized carbons (Fsp3) is 0.692. The molecular formula is C13H19ClO2. The molecule has 2 nitrogen and oxygen atoms in total. The van der Waals surface area contributed by atoms with Crippen LogP contribution in [0.2, 0.25) is 0 Å². The number of carbonyl (C=O) groups excluding carboxylic acids is 2. The van der Waals surface area contributed by atoms with Crippen LogP contribution < -0.4 is 0 Å². The number of allylic oxidation sites excluding steroid dienone is 2. The van der Waals surface area contributed by atoms with Gasteiger partial charge >= 0.3 is 0 Å². The lowest BCUT2D eigenvalue weighted by Gasteiger charge is -2.15. The molecule has 0 saturated heterocycles. The SMILES string of the molecule is CCC=CCCC1C(=O)CCC1CC(=O)Cl. The smallest absolute Gasteiger partial charge is 0.221 e. The molecule has 0 aromatic rings. The van der Waals surface area contributed by atoms with Crippen LogP contribution in [-0.2, 0) is 9.59 Å². The fourth-order valence-corrected chi connectivity index (χ4v) is 2.58. The lowest BCUT2D eigenvalue weighted by molar-refractivity contribution is -0.121. The van der Waals surface area contributed by atoms with E-state index >= 15 is 0 Å². The van der Waals surface area contributed by atoms with Crippen molar-refractivity contribution < 1.29 is 9.59 Å². The Labute approximate surface area is 102 Å². The van der Waals surface area contributed by atoms with E-state index in [1.807, 2.05) is 0 Å². The molecule has 0 bridgehead atoms. The first-order chi connectivity index (χ1) is 7.65. The molecule has 0 aromatic heterocycles. The van der Waals surface area contributed by atoms with Gasteiger partial charge in [0.2, 0.25) is 5.24 Å². The monoisotopic (exact) mass is 242 g/mol. The topological polar surface area (TPSA) is 34.1 Å². The Morgan fingerprint density at radius 1 is 1.50 bits per heavy atom. The van der Waals surface area contributed by atoms with Gasteiger partial charge in [-0.2, -0.15) is 0 Å². The molecule has 0 aliphatic heterocycles. The van der Waals surface area contributed by atoms with Crippen LogP contribution in [0.25, 0.3) is 0 Å². The summed E-state index contributed by atoms with van der Waals surface area (Å²) >= 11 is 5.39. The lowest BCUT2D eigenvalue weighted by Crippen LogP contribution is -2.16. The summed E-state index contributed by atoms with van der Waals surface area (Å²) in [6, 6.07) is 0. The highest BCUT2D eigenvalue weighted by Crippen LogP contribution is 2.35. The Bertz CT molecular complexity index is 284. The van der Waals surface area contributed by atoms with Gasteiger partial charge in [0.1, 0.15) is 5.78 Å². The maximum atomic E-state index is 11.7. The third-order valence-electron chi connectivity index (χ3n) is 3.21. The predicted molar refractivity (Wildman–Crippen MR) is 65.4 cm³/mol. The van der Waals surface area contributed by atoms with E-state index in [9.17, 15) is 9.59 Å². The summed E-state index contributed by atoms with van der Waals surface area (Å²) < 4.78 is 0. The van der Waals surface area contributed by atoms with E-state index < -0.39 is 0 Å². The van der Waals surface area contributed by atoms with Gasteiger partial charge in [-0.3, -0.25) is 9.59 Å². The molecule has 0 radical (unpaired) electrons. The zero-order chi connectivity index (χ0) is 12.0. The molecule has 90 valence electrons. The second kappa shape index (κ2) is 6.85. The van der Waals surface area contributed by atoms with Crippen molar-refractivity contribution in [1.29, 1.82) is 0 Å². The minimum Gasteiger partial charge on any atom is -0.299 e. The van der Waals surface area contributed by atoms with E-state index in [1.165, 1.54) is 0 Å². The van der Waals surface area contributed by atoms with E-state index in [1.54, 1.807) is 0 Å². The molecule has 1 aliphatic carbocycles. The number of ketones is 1. The molecule has 1 fully saturated rings. The molecule has 1 aliphatic rings. The first kappa shape index (κ1) is 13.4. The average molecular weight is 243 g/mol. The van der Waals surface area contributed by atoms with Crippen molar-refractivity contribution in [1.82, 2.24) is 0 Å². The number of halogens is 1. The van der Waals surface area contributed by atoms with Crippen molar-refractivity contribution >= 4 is 22.6 Å². The Hall–Kier alpha value is -0.630. The maximum absolute atomic E-state index is 11.7. The van der Waals surface area contributed by atoms with Gasteiger partial charge in [0, 0.05) is 18.8 Å². The molecule has 3 heteroatoms. The Morgan fingerprint density at radius 2 is 2.25 bits per heavy atom. The normalized spacial score (nSPS) is 25.5. The zero-order valence-corrected chi connectivity index (χ0v) is 10.5. The molecule has 0 heterocycles. The summed E-state index contributed by atoms with van der Waals surface area (Å²) in [5.41, 5.74) is 0. The van der Waals surface area contributed by atoms with Crippen molar-refractivity contribution in [2.45, 2.75) is 45.4 Å². The van der Waals surface area contributed by atoms with Crippen molar-refractivity contribution in [3.05, 3.63) is 12.2 Å². The fourth-order valence-electron chi connectivity index (χ4n) is 2.38. The number of Topliss-reactive ketones (excluding diaryl/α,β-unsaturated/α-hetero) is 1. The molecule has 0 N–H and O–H groups in total. The first-order valence-corrected chi connectivity index (χ1v) is 6.39. The minimum atomic E-state index is -0.311. The highest BCUT2D eigenvalue weighted by atomic mass is 35.5. The van der Waals surface area contributed by atoms with Crippen LogP contribution in [0.15, 0.2) is 12.2 Å². The van der Waals surface area contributed by atoms with Crippen molar-refractivity contribution in [3.63, 3.8) is 0 Å². The van der Waals surface area contributed by atoms with Crippen LogP contribution in [-0.4, -0.2) is 11.0 Å². The van der Waals surface area contributed by atoms with Crippen LogP contribution in [0.4, 0.5) is 0 Å². The van der Waals surface area contributed by atoms with Gasteiger partial charge in [-0.25, -0.2) is 0 Å². The van der Waals surface area contributed by atoms with E-state index in [2.05, 4.69) is 19.1 Å². The van der Waals surface area contributed by atoms with E-state index in [0.29, 0.717) is 18.6 Å². The quantitative estimate of drug-likeness (QED) is 0.528. The largest absolute Gasteiger partial charge is 0.299 e. The number of hydrogen-bond donors (Lipinski definition) is 0. The van der Waals surface area contributed by atoms with E-state index in [0.717, 1.165) is 25.7 Å². The standard InChI is InChI=1S/C13H19ClO2/c1-2-3-4-5-6-11-10(9-13(14)16)7-8-12(11)15/h3-4,10-11H,2,5-9H2,1H3. The minimum absolute atomic E-state index is 0.0595. The Kier molecular flexibility index (Phi) is 5.75. The number of carbonyl (C=O) groups is 2. The third kappa shape index (κ3) is 4.09. The van der Waals surface area contributed by atoms with Crippen molar-refractivity contribution in [2.24, 2.45) is 11.8 Å². The molecule has 2 unspecified atom stereocenters. The molecule has 0 amide bonds. The third-order valence-corrected chi connectivity index (χ3v) is 3.37. The molecule has 16 heavy (non-hydrogen) atoms. The molecule has 0 aromatic carbocycles. The van der Waals surface area contributed by atoms with Crippen LogP contribution in [0.5, 0.6) is 0 Å². The van der Waals surface area contributed by atoms with E-state index in [4.69, 9.17) is 11.6 Å². The molecule has 2 atom stereocenters. The summed E-state index contributed by atoms with van der Waals surface area (Å²) in [7, 11) is 0. The van der Waals surface area contributed by atoms with Crippen molar-refractivity contribution in [2.75, 3.05) is 0 Å². The van der Waals surface area contributed by atoms with Crippen LogP contribution in [0.3, 0.4) is 0 Å². The maximum Gasteiger partial charge on any atom is 0.221 e. The summed E-state index contributed by atoms with van der Waals surface area (Å²) in [5, 5.41) is -0.311. The number of hydrogen-bond acceptors (Lipinski definition) is 2. The first-order valence-electron chi connectivity index (χ1n) is 6.01. The number of rotatable bonds is 6. The van der Waals surface area contributed by atoms with Crippen molar-refractivity contribution in [3.8, 4) is 0 Å². The van der Waals surface area contributed by atoms with Gasteiger partial charge < -0.3 is 0 Å². The summed E-state index contributed by atoms with van der Waals surface area (Å²) in [5.74, 6) is 0.560. The van der Waals surface area contributed by atoms with Gasteiger partial charge in [0.15, 0.2) is 0 Å². The summed E-state index contributed by atoms with van der Waals surface area (Å²) in [6.45, 7) is 2.09.